The van der Waals surface area contributed by atoms with E-state index in [0.29, 0.717) is 0 Å². The van der Waals surface area contributed by atoms with E-state index in [1.165, 1.54) is 130 Å². The lowest BCUT2D eigenvalue weighted by Crippen LogP contribution is -2.03. The third-order valence-corrected chi connectivity index (χ3v) is 8.71. The summed E-state index contributed by atoms with van der Waals surface area (Å²) in [5, 5.41) is 0. The number of unbranched alkanes of at least 4 members (excludes halogenated alkanes) is 11. The molecule has 0 aliphatic carbocycles. The van der Waals surface area contributed by atoms with Crippen molar-refractivity contribution in [3.8, 4) is 0 Å². The van der Waals surface area contributed by atoms with Crippen LogP contribution in [0.5, 0.6) is 0 Å². The highest BCUT2D eigenvalue weighted by atomic mass is 15.2. The maximum Gasteiger partial charge on any atom is 0.211 e. The molecule has 1 aliphatic rings. The van der Waals surface area contributed by atoms with Crippen molar-refractivity contribution in [2.24, 2.45) is 0 Å². The zero-order valence-corrected chi connectivity index (χ0v) is 26.9. The molecule has 2 nitrogen and oxygen atoms in total. The first kappa shape index (κ1) is 33.0. The van der Waals surface area contributed by atoms with E-state index >= 15 is 0 Å². The second-order valence-electron chi connectivity index (χ2n) is 12.3. The Balaban J connectivity index is 2.01. The summed E-state index contributed by atoms with van der Waals surface area (Å²) < 4.78 is 1.59. The molecule has 0 fully saturated rings. The molecule has 41 heavy (non-hydrogen) atoms. The zero-order chi connectivity index (χ0) is 29.3. The Morgan fingerprint density at radius 2 is 0.829 bits per heavy atom. The summed E-state index contributed by atoms with van der Waals surface area (Å²) in [4.78, 5) is 0. The molecule has 224 valence electrons. The van der Waals surface area contributed by atoms with Crippen LogP contribution in [0.2, 0.25) is 0 Å². The Labute approximate surface area is 252 Å². The van der Waals surface area contributed by atoms with Crippen LogP contribution in [-0.4, -0.2) is 4.70 Å². The largest absolute Gasteiger partial charge is 0.493 e. The van der Waals surface area contributed by atoms with Gasteiger partial charge in [0.1, 0.15) is 0 Å². The molecule has 0 amide bonds. The lowest BCUT2D eigenvalue weighted by molar-refractivity contribution is -0.345. The van der Waals surface area contributed by atoms with Crippen molar-refractivity contribution in [1.82, 2.24) is 0 Å². The molecule has 2 aromatic carbocycles. The number of hydrogen-bond donors (Lipinski definition) is 0. The maximum absolute atomic E-state index is 12.1. The summed E-state index contributed by atoms with van der Waals surface area (Å²) in [6.45, 7) is 9.10. The van der Waals surface area contributed by atoms with Crippen LogP contribution >= 0.6 is 0 Å². The third-order valence-electron chi connectivity index (χ3n) is 8.71. The van der Waals surface area contributed by atoms with Gasteiger partial charge in [-0.3, -0.25) is 0 Å². The van der Waals surface area contributed by atoms with Crippen LogP contribution in [0.15, 0.2) is 59.7 Å². The summed E-state index contributed by atoms with van der Waals surface area (Å²) in [5.74, 6) is 0. The summed E-state index contributed by atoms with van der Waals surface area (Å²) in [6, 6.07) is 18.1. The molecule has 0 saturated heterocycles. The van der Waals surface area contributed by atoms with Gasteiger partial charge in [0.15, 0.2) is 0 Å². The number of nitrogens with zero attached hydrogens (tertiary/aromatic N) is 2. The average molecular weight is 555 g/mol. The van der Waals surface area contributed by atoms with E-state index in [0.717, 1.165) is 37.1 Å². The SMILES string of the molecule is CCCCCCCCC1=C(c2cccc(CCCCC)c2)[N+](=[N-])C(c2cccc(CCCCC)c2)=C1CCCCC. The highest BCUT2D eigenvalue weighted by Crippen LogP contribution is 2.45. The Bertz CT molecular complexity index is 1140. The highest BCUT2D eigenvalue weighted by molar-refractivity contribution is 5.82. The molecule has 2 aromatic rings. The van der Waals surface area contributed by atoms with Crippen molar-refractivity contribution in [3.05, 3.63) is 87.5 Å². The summed E-state index contributed by atoms with van der Waals surface area (Å²) in [6.07, 6.45) is 23.1. The van der Waals surface area contributed by atoms with E-state index in [1.807, 2.05) is 0 Å². The first-order valence-electron chi connectivity index (χ1n) is 17.3. The van der Waals surface area contributed by atoms with Gasteiger partial charge in [-0.05, 0) is 86.8 Å². The monoisotopic (exact) mass is 554 g/mol. The van der Waals surface area contributed by atoms with Gasteiger partial charge < -0.3 is 5.53 Å². The van der Waals surface area contributed by atoms with Gasteiger partial charge in [0, 0.05) is 22.3 Å². The number of aryl methyl sites for hydroxylation is 2. The predicted octanol–water partition coefficient (Wildman–Crippen LogP) is 12.7. The normalized spacial score (nSPS) is 13.6. The topological polar surface area (TPSA) is 25.3 Å². The zero-order valence-electron chi connectivity index (χ0n) is 26.9. The van der Waals surface area contributed by atoms with Gasteiger partial charge in [0.25, 0.3) is 0 Å². The molecule has 0 saturated carbocycles. The van der Waals surface area contributed by atoms with Crippen molar-refractivity contribution >= 4 is 11.4 Å². The number of allylic oxidation sites excluding steroid dienone is 2. The first-order valence-corrected chi connectivity index (χ1v) is 17.3. The minimum Gasteiger partial charge on any atom is -0.493 e. The number of hydrogen-bond acceptors (Lipinski definition) is 0. The Kier molecular flexibility index (Phi) is 15.2. The minimum absolute atomic E-state index is 1.03. The van der Waals surface area contributed by atoms with E-state index < -0.39 is 0 Å². The highest BCUT2D eigenvalue weighted by Gasteiger charge is 2.35. The molecule has 1 heterocycles. The first-order chi connectivity index (χ1) is 20.1. The summed E-state index contributed by atoms with van der Waals surface area (Å²) in [5.41, 5.74) is 22.0. The molecular formula is C39H58N2. The van der Waals surface area contributed by atoms with Crippen LogP contribution in [0, 0.1) is 0 Å². The van der Waals surface area contributed by atoms with Crippen LogP contribution < -0.4 is 0 Å². The smallest absolute Gasteiger partial charge is 0.211 e. The molecule has 0 spiro atoms. The van der Waals surface area contributed by atoms with Crippen LogP contribution in [0.3, 0.4) is 0 Å². The Morgan fingerprint density at radius 1 is 0.463 bits per heavy atom. The average Bonchev–Trinajstić information content (AvgIpc) is 3.26. The molecule has 0 radical (unpaired) electrons. The fourth-order valence-electron chi connectivity index (χ4n) is 6.33. The van der Waals surface area contributed by atoms with Gasteiger partial charge in [-0.25, -0.2) is 4.70 Å². The van der Waals surface area contributed by atoms with Crippen LogP contribution in [0.1, 0.15) is 159 Å². The van der Waals surface area contributed by atoms with Crippen LogP contribution in [0.4, 0.5) is 0 Å². The number of rotatable bonds is 21. The van der Waals surface area contributed by atoms with Crippen LogP contribution in [-0.2, 0) is 12.8 Å². The van der Waals surface area contributed by atoms with E-state index in [1.54, 1.807) is 4.70 Å². The predicted molar refractivity (Wildman–Crippen MR) is 179 cm³/mol. The summed E-state index contributed by atoms with van der Waals surface area (Å²) >= 11 is 0. The molecule has 3 rings (SSSR count). The molecule has 0 N–H and O–H groups in total. The fraction of sp³-hybridized carbons (Fsp3) is 0.590. The number of benzene rings is 2. The van der Waals surface area contributed by atoms with Gasteiger partial charge in [-0.2, -0.15) is 0 Å². The maximum atomic E-state index is 12.1. The van der Waals surface area contributed by atoms with Crippen molar-refractivity contribution in [1.29, 1.82) is 0 Å². The lowest BCUT2D eigenvalue weighted by atomic mass is 9.90. The van der Waals surface area contributed by atoms with Gasteiger partial charge in [0.2, 0.25) is 11.4 Å². The van der Waals surface area contributed by atoms with Gasteiger partial charge in [0.05, 0.1) is 0 Å². The van der Waals surface area contributed by atoms with E-state index in [2.05, 4.69) is 76.2 Å². The second-order valence-corrected chi connectivity index (χ2v) is 12.3. The van der Waals surface area contributed by atoms with Crippen LogP contribution in [0.25, 0.3) is 16.9 Å². The summed E-state index contributed by atoms with van der Waals surface area (Å²) in [7, 11) is 0. The molecule has 2 heteroatoms. The third kappa shape index (κ3) is 10.1. The van der Waals surface area contributed by atoms with Gasteiger partial charge in [-0.15, -0.1) is 0 Å². The molecule has 0 bridgehead atoms. The fourth-order valence-corrected chi connectivity index (χ4v) is 6.33. The molecular weight excluding hydrogens is 496 g/mol. The molecule has 0 aromatic heterocycles. The van der Waals surface area contributed by atoms with E-state index in [-0.39, 0.29) is 0 Å². The van der Waals surface area contributed by atoms with Crippen molar-refractivity contribution in [3.63, 3.8) is 0 Å². The quantitative estimate of drug-likeness (QED) is 0.108. The van der Waals surface area contributed by atoms with Gasteiger partial charge in [-0.1, -0.05) is 123 Å². The van der Waals surface area contributed by atoms with E-state index in [4.69, 9.17) is 0 Å². The molecule has 1 aliphatic heterocycles. The van der Waals surface area contributed by atoms with Crippen molar-refractivity contribution in [2.45, 2.75) is 150 Å². The van der Waals surface area contributed by atoms with Crippen molar-refractivity contribution in [2.75, 3.05) is 0 Å². The van der Waals surface area contributed by atoms with Crippen molar-refractivity contribution < 1.29 is 4.70 Å². The second kappa shape index (κ2) is 18.9. The molecule has 0 unspecified atom stereocenters. The lowest BCUT2D eigenvalue weighted by Gasteiger charge is -2.12. The molecule has 0 atom stereocenters. The minimum atomic E-state index is 1.03. The van der Waals surface area contributed by atoms with Gasteiger partial charge >= 0.3 is 0 Å². The Morgan fingerprint density at radius 3 is 1.29 bits per heavy atom. The standard InChI is InChI=1S/C39H58N2/c1-5-9-13-14-15-19-29-37-36(28-18-12-8-4)38(34-26-20-24-32(30-34)22-16-10-6-2)41(40)39(37)35-27-21-25-33(31-35)23-17-11-7-3/h20-21,24-27,30-31H,5-19,22-23,28-29H2,1-4H3. The van der Waals surface area contributed by atoms with E-state index in [9.17, 15) is 5.53 Å². The Hall–Kier alpha value is -2.48.